The summed E-state index contributed by atoms with van der Waals surface area (Å²) < 4.78 is 14.2. The van der Waals surface area contributed by atoms with E-state index in [1.54, 1.807) is 6.92 Å². The minimum Gasteiger partial charge on any atom is -0.244 e. The van der Waals surface area contributed by atoms with Gasteiger partial charge in [0.2, 0.25) is 0 Å². The number of alkyl halides is 1. The summed E-state index contributed by atoms with van der Waals surface area (Å²) in [5.74, 6) is 5.88. The van der Waals surface area contributed by atoms with Gasteiger partial charge in [0.25, 0.3) is 0 Å². The summed E-state index contributed by atoms with van der Waals surface area (Å²) in [6, 6.07) is 0. The molecule has 0 aliphatic heterocycles. The van der Waals surface area contributed by atoms with Gasteiger partial charge >= 0.3 is 0 Å². The standard InChI is InChI=1S/C26H51F/c1-9-11-12-13-23-17-24(18-25(23)22(7)19(3)4)21(6)16-20(5)14-15-26(8,27)10-2/h19-25H,9-18H2,1-8H3. The van der Waals surface area contributed by atoms with Crippen LogP contribution in [-0.4, -0.2) is 5.67 Å². The van der Waals surface area contributed by atoms with Crippen LogP contribution in [0.15, 0.2) is 0 Å². The van der Waals surface area contributed by atoms with E-state index >= 15 is 0 Å². The Bertz CT molecular complexity index is 386. The maximum atomic E-state index is 14.2. The van der Waals surface area contributed by atoms with E-state index < -0.39 is 5.67 Å². The first kappa shape index (κ1) is 25.0. The van der Waals surface area contributed by atoms with Crippen molar-refractivity contribution >= 4 is 0 Å². The van der Waals surface area contributed by atoms with Gasteiger partial charge in [0.15, 0.2) is 0 Å². The average Bonchev–Trinajstić information content (AvgIpc) is 3.04. The molecule has 0 bridgehead atoms. The van der Waals surface area contributed by atoms with Gasteiger partial charge in [-0.2, -0.15) is 0 Å². The summed E-state index contributed by atoms with van der Waals surface area (Å²) in [6.45, 7) is 18.2. The predicted octanol–water partition coefficient (Wildman–Crippen LogP) is 9.08. The number of hydrogen-bond acceptors (Lipinski definition) is 0. The molecule has 0 amide bonds. The third-order valence-electron chi connectivity index (χ3n) is 8.17. The first-order valence-corrected chi connectivity index (χ1v) is 12.3. The predicted molar refractivity (Wildman–Crippen MR) is 120 cm³/mol. The monoisotopic (exact) mass is 382 g/mol. The zero-order valence-electron chi connectivity index (χ0n) is 20.0. The van der Waals surface area contributed by atoms with Gasteiger partial charge in [-0.25, -0.2) is 4.39 Å². The van der Waals surface area contributed by atoms with Crippen molar-refractivity contribution in [3.05, 3.63) is 0 Å². The molecule has 1 fully saturated rings. The Morgan fingerprint density at radius 3 is 2.22 bits per heavy atom. The van der Waals surface area contributed by atoms with E-state index in [0.29, 0.717) is 12.3 Å². The van der Waals surface area contributed by atoms with E-state index in [2.05, 4.69) is 41.5 Å². The van der Waals surface area contributed by atoms with E-state index in [9.17, 15) is 4.39 Å². The zero-order valence-corrected chi connectivity index (χ0v) is 20.0. The summed E-state index contributed by atoms with van der Waals surface area (Å²) >= 11 is 0. The van der Waals surface area contributed by atoms with Crippen LogP contribution in [0.3, 0.4) is 0 Å². The fourth-order valence-corrected chi connectivity index (χ4v) is 5.46. The normalized spacial score (nSPS) is 28.9. The van der Waals surface area contributed by atoms with Crippen LogP contribution in [0.4, 0.5) is 4.39 Å². The van der Waals surface area contributed by atoms with Gasteiger partial charge in [-0.05, 0) is 86.9 Å². The molecule has 7 atom stereocenters. The van der Waals surface area contributed by atoms with Gasteiger partial charge < -0.3 is 0 Å². The number of unbranched alkanes of at least 4 members (excludes halogenated alkanes) is 2. The van der Waals surface area contributed by atoms with E-state index in [4.69, 9.17) is 0 Å². The molecule has 0 aromatic heterocycles. The maximum Gasteiger partial charge on any atom is 0.108 e. The van der Waals surface area contributed by atoms with Crippen molar-refractivity contribution in [1.82, 2.24) is 0 Å². The SMILES string of the molecule is CCCCCC1CC(C(C)CC(C)CCC(C)(F)CC)CC1C(C)C(C)C. The maximum absolute atomic E-state index is 14.2. The largest absolute Gasteiger partial charge is 0.244 e. The Labute approximate surface area is 171 Å². The van der Waals surface area contributed by atoms with E-state index in [0.717, 1.165) is 48.3 Å². The fourth-order valence-electron chi connectivity index (χ4n) is 5.46. The highest BCUT2D eigenvalue weighted by molar-refractivity contribution is 4.89. The van der Waals surface area contributed by atoms with Gasteiger partial charge in [-0.15, -0.1) is 0 Å². The van der Waals surface area contributed by atoms with Crippen LogP contribution in [0.25, 0.3) is 0 Å². The molecular weight excluding hydrogens is 331 g/mol. The van der Waals surface area contributed by atoms with Crippen molar-refractivity contribution in [3.8, 4) is 0 Å². The molecule has 1 saturated carbocycles. The van der Waals surface area contributed by atoms with Crippen LogP contribution < -0.4 is 0 Å². The Balaban J connectivity index is 2.59. The lowest BCUT2D eigenvalue weighted by Gasteiger charge is -2.29. The second-order valence-electron chi connectivity index (χ2n) is 10.9. The molecule has 0 radical (unpaired) electrons. The van der Waals surface area contributed by atoms with Crippen molar-refractivity contribution in [2.45, 2.75) is 125 Å². The molecule has 162 valence electrons. The molecule has 0 aromatic carbocycles. The summed E-state index contributed by atoms with van der Waals surface area (Å²) in [5, 5.41) is 0. The van der Waals surface area contributed by atoms with Gasteiger partial charge in [-0.3, -0.25) is 0 Å². The molecule has 0 N–H and O–H groups in total. The van der Waals surface area contributed by atoms with Crippen molar-refractivity contribution in [2.24, 2.45) is 41.4 Å². The van der Waals surface area contributed by atoms with Gasteiger partial charge in [0.1, 0.15) is 5.67 Å². The highest BCUT2D eigenvalue weighted by Gasteiger charge is 2.39. The first-order valence-electron chi connectivity index (χ1n) is 12.3. The number of hydrogen-bond donors (Lipinski definition) is 0. The zero-order chi connectivity index (χ0) is 20.6. The highest BCUT2D eigenvalue weighted by atomic mass is 19.1. The Hall–Kier alpha value is -0.0700. The lowest BCUT2D eigenvalue weighted by molar-refractivity contribution is 0.151. The van der Waals surface area contributed by atoms with E-state index in [1.807, 2.05) is 6.92 Å². The molecule has 1 aliphatic rings. The van der Waals surface area contributed by atoms with E-state index in [-0.39, 0.29) is 0 Å². The Morgan fingerprint density at radius 2 is 1.67 bits per heavy atom. The second kappa shape index (κ2) is 11.8. The topological polar surface area (TPSA) is 0 Å². The van der Waals surface area contributed by atoms with Crippen molar-refractivity contribution < 1.29 is 4.39 Å². The minimum absolute atomic E-state index is 0.645. The summed E-state index contributed by atoms with van der Waals surface area (Å²) in [6.07, 6.45) is 12.2. The molecule has 0 aromatic rings. The van der Waals surface area contributed by atoms with Crippen LogP contribution in [0, 0.1) is 41.4 Å². The van der Waals surface area contributed by atoms with Crippen LogP contribution in [0.5, 0.6) is 0 Å². The van der Waals surface area contributed by atoms with Crippen molar-refractivity contribution in [1.29, 1.82) is 0 Å². The number of halogens is 1. The van der Waals surface area contributed by atoms with Crippen LogP contribution in [0.1, 0.15) is 120 Å². The molecular formula is C26H51F. The molecule has 1 heteroatoms. The van der Waals surface area contributed by atoms with Crippen LogP contribution >= 0.6 is 0 Å². The molecule has 0 nitrogen and oxygen atoms in total. The molecule has 7 unspecified atom stereocenters. The van der Waals surface area contributed by atoms with Gasteiger partial charge in [-0.1, -0.05) is 74.1 Å². The summed E-state index contributed by atoms with van der Waals surface area (Å²) in [7, 11) is 0. The Morgan fingerprint density at radius 1 is 1.00 bits per heavy atom. The van der Waals surface area contributed by atoms with Crippen LogP contribution in [-0.2, 0) is 0 Å². The molecule has 27 heavy (non-hydrogen) atoms. The smallest absolute Gasteiger partial charge is 0.108 e. The van der Waals surface area contributed by atoms with Crippen molar-refractivity contribution in [2.75, 3.05) is 0 Å². The lowest BCUT2D eigenvalue weighted by atomic mass is 9.77. The van der Waals surface area contributed by atoms with E-state index in [1.165, 1.54) is 44.9 Å². The Kier molecular flexibility index (Phi) is 10.9. The second-order valence-corrected chi connectivity index (χ2v) is 10.9. The van der Waals surface area contributed by atoms with Gasteiger partial charge in [0.05, 0.1) is 0 Å². The first-order chi connectivity index (χ1) is 12.6. The molecule has 0 heterocycles. The minimum atomic E-state index is -0.965. The highest BCUT2D eigenvalue weighted by Crippen LogP contribution is 2.48. The van der Waals surface area contributed by atoms with Crippen molar-refractivity contribution in [3.63, 3.8) is 0 Å². The van der Waals surface area contributed by atoms with Crippen LogP contribution in [0.2, 0.25) is 0 Å². The average molecular weight is 383 g/mol. The number of rotatable bonds is 13. The molecule has 0 saturated heterocycles. The fraction of sp³-hybridized carbons (Fsp3) is 1.00. The summed E-state index contributed by atoms with van der Waals surface area (Å²) in [5.41, 5.74) is -0.965. The van der Waals surface area contributed by atoms with Gasteiger partial charge in [0, 0.05) is 0 Å². The third kappa shape index (κ3) is 8.45. The molecule has 0 spiro atoms. The molecule has 1 rings (SSSR count). The summed E-state index contributed by atoms with van der Waals surface area (Å²) in [4.78, 5) is 0. The third-order valence-corrected chi connectivity index (χ3v) is 8.17. The molecule has 1 aliphatic carbocycles. The lowest BCUT2D eigenvalue weighted by Crippen LogP contribution is -2.21. The quantitative estimate of drug-likeness (QED) is 0.279.